The Labute approximate surface area is 159 Å². The largest absolute Gasteiger partial charge is 0.465 e. The van der Waals surface area contributed by atoms with Crippen LogP contribution in [0.15, 0.2) is 24.5 Å². The van der Waals surface area contributed by atoms with Gasteiger partial charge < -0.3 is 14.6 Å². The van der Waals surface area contributed by atoms with E-state index in [1.807, 2.05) is 30.9 Å². The molecule has 2 aromatic heterocycles. The van der Waals surface area contributed by atoms with E-state index in [9.17, 15) is 9.59 Å². The molecular formula is C21H27N3O3. The van der Waals surface area contributed by atoms with Crippen LogP contribution in [0.1, 0.15) is 76.3 Å². The number of H-pyrrole nitrogens is 1. The lowest BCUT2D eigenvalue weighted by Gasteiger charge is -2.30. The molecule has 0 radical (unpaired) electrons. The number of rotatable bonds is 4. The average Bonchev–Trinajstić information content (AvgIpc) is 2.87. The summed E-state index contributed by atoms with van der Waals surface area (Å²) in [6.45, 7) is 4.48. The summed E-state index contributed by atoms with van der Waals surface area (Å²) in [6.07, 6.45) is 8.29. The Balaban J connectivity index is 2.00. The minimum atomic E-state index is -0.402. The molecule has 0 saturated carbocycles. The molecule has 0 aromatic carbocycles. The van der Waals surface area contributed by atoms with E-state index in [4.69, 9.17) is 4.74 Å². The molecule has 0 aliphatic carbocycles. The molecule has 1 atom stereocenters. The van der Waals surface area contributed by atoms with Crippen molar-refractivity contribution in [1.82, 2.24) is 14.9 Å². The van der Waals surface area contributed by atoms with Crippen LogP contribution in [0.2, 0.25) is 0 Å². The van der Waals surface area contributed by atoms with Gasteiger partial charge in [-0.3, -0.25) is 9.78 Å². The van der Waals surface area contributed by atoms with E-state index in [1.54, 1.807) is 12.4 Å². The van der Waals surface area contributed by atoms with E-state index in [0.29, 0.717) is 29.8 Å². The molecule has 0 bridgehead atoms. The van der Waals surface area contributed by atoms with Gasteiger partial charge in [-0.25, -0.2) is 4.79 Å². The number of nitrogens with one attached hydrogen (secondary N) is 1. The topological polar surface area (TPSA) is 75.3 Å². The number of likely N-dealkylation sites (tertiary alicyclic amines) is 1. The Morgan fingerprint density at radius 2 is 2.00 bits per heavy atom. The summed E-state index contributed by atoms with van der Waals surface area (Å²) in [5, 5.41) is 0. The Morgan fingerprint density at radius 1 is 1.26 bits per heavy atom. The maximum Gasteiger partial charge on any atom is 0.339 e. The van der Waals surface area contributed by atoms with Crippen molar-refractivity contribution in [1.29, 1.82) is 0 Å². The molecule has 3 heterocycles. The molecule has 0 unspecified atom stereocenters. The number of amides is 1. The van der Waals surface area contributed by atoms with E-state index < -0.39 is 5.97 Å². The Bertz CT molecular complexity index is 814. The second kappa shape index (κ2) is 8.37. The van der Waals surface area contributed by atoms with Crippen molar-refractivity contribution in [2.75, 3.05) is 13.7 Å². The first-order valence-electron chi connectivity index (χ1n) is 9.59. The Hall–Kier alpha value is -2.63. The number of aromatic amines is 1. The predicted octanol–water partition coefficient (Wildman–Crippen LogP) is 3.82. The molecule has 6 nitrogen and oxygen atoms in total. The average molecular weight is 369 g/mol. The summed E-state index contributed by atoms with van der Waals surface area (Å²) >= 11 is 0. The summed E-state index contributed by atoms with van der Waals surface area (Å²) in [6, 6.07) is 3.99. The monoisotopic (exact) mass is 369 g/mol. The summed E-state index contributed by atoms with van der Waals surface area (Å²) in [5.41, 5.74) is 3.50. The van der Waals surface area contributed by atoms with E-state index >= 15 is 0 Å². The third-order valence-corrected chi connectivity index (χ3v) is 5.39. The van der Waals surface area contributed by atoms with Gasteiger partial charge in [0.25, 0.3) is 5.91 Å². The number of pyridine rings is 1. The minimum absolute atomic E-state index is 0.0253. The fourth-order valence-corrected chi connectivity index (χ4v) is 3.94. The number of ether oxygens (including phenoxy) is 1. The van der Waals surface area contributed by atoms with E-state index in [-0.39, 0.29) is 11.9 Å². The van der Waals surface area contributed by atoms with E-state index in [1.165, 1.54) is 7.11 Å². The SMILES string of the molecule is CCc1[nH]c(C(=O)N2CCCCC[C@H]2c2ccncc2)c(C)c1C(=O)OC. The van der Waals surface area contributed by atoms with Gasteiger partial charge in [-0.15, -0.1) is 0 Å². The van der Waals surface area contributed by atoms with Crippen molar-refractivity contribution in [2.45, 2.75) is 52.0 Å². The molecule has 1 N–H and O–H groups in total. The van der Waals surface area contributed by atoms with Crippen LogP contribution in [0, 0.1) is 6.92 Å². The molecule has 1 aliphatic rings. The van der Waals surface area contributed by atoms with Gasteiger partial charge >= 0.3 is 5.97 Å². The van der Waals surface area contributed by atoms with E-state index in [2.05, 4.69) is 9.97 Å². The van der Waals surface area contributed by atoms with Crippen LogP contribution in [0.3, 0.4) is 0 Å². The number of methoxy groups -OCH3 is 1. The van der Waals surface area contributed by atoms with Crippen molar-refractivity contribution in [2.24, 2.45) is 0 Å². The second-order valence-electron chi connectivity index (χ2n) is 6.97. The quantitative estimate of drug-likeness (QED) is 0.831. The minimum Gasteiger partial charge on any atom is -0.465 e. The highest BCUT2D eigenvalue weighted by atomic mass is 16.5. The van der Waals surface area contributed by atoms with Crippen LogP contribution in [-0.4, -0.2) is 40.4 Å². The summed E-state index contributed by atoms with van der Waals surface area (Å²) < 4.78 is 4.92. The second-order valence-corrected chi connectivity index (χ2v) is 6.97. The number of aryl methyl sites for hydroxylation is 1. The highest BCUT2D eigenvalue weighted by molar-refractivity contribution is 6.00. The zero-order valence-corrected chi connectivity index (χ0v) is 16.2. The summed E-state index contributed by atoms with van der Waals surface area (Å²) in [5.74, 6) is -0.456. The molecule has 6 heteroatoms. The van der Waals surface area contributed by atoms with Gasteiger partial charge in [0.05, 0.1) is 18.7 Å². The Morgan fingerprint density at radius 3 is 2.67 bits per heavy atom. The van der Waals surface area contributed by atoms with Crippen molar-refractivity contribution >= 4 is 11.9 Å². The Kier molecular flexibility index (Phi) is 5.94. The maximum atomic E-state index is 13.5. The van der Waals surface area contributed by atoms with Gasteiger partial charge in [0, 0.05) is 24.6 Å². The number of nitrogens with zero attached hydrogens (tertiary/aromatic N) is 2. The molecule has 1 aliphatic heterocycles. The lowest BCUT2D eigenvalue weighted by Crippen LogP contribution is -2.35. The van der Waals surface area contributed by atoms with Crippen LogP contribution in [0.4, 0.5) is 0 Å². The van der Waals surface area contributed by atoms with Gasteiger partial charge in [0.1, 0.15) is 5.69 Å². The first-order valence-corrected chi connectivity index (χ1v) is 9.59. The zero-order valence-electron chi connectivity index (χ0n) is 16.2. The van der Waals surface area contributed by atoms with Crippen LogP contribution in [-0.2, 0) is 11.2 Å². The van der Waals surface area contributed by atoms with Crippen LogP contribution in [0.25, 0.3) is 0 Å². The van der Waals surface area contributed by atoms with Gasteiger partial charge in [-0.1, -0.05) is 19.8 Å². The first kappa shape index (κ1) is 19.1. The van der Waals surface area contributed by atoms with Crippen molar-refractivity contribution in [3.8, 4) is 0 Å². The standard InChI is InChI=1S/C21H27N3O3/c1-4-16-18(21(26)27-3)14(2)19(23-16)20(25)24-13-7-5-6-8-17(24)15-9-11-22-12-10-15/h9-12,17,23H,4-8,13H2,1-3H3/t17-/m0/s1. The molecule has 1 saturated heterocycles. The van der Waals surface area contributed by atoms with E-state index in [0.717, 1.165) is 36.9 Å². The highest BCUT2D eigenvalue weighted by Crippen LogP contribution is 2.32. The summed E-state index contributed by atoms with van der Waals surface area (Å²) in [4.78, 5) is 34.9. The number of aromatic nitrogens is 2. The molecule has 2 aromatic rings. The molecular weight excluding hydrogens is 342 g/mol. The first-order chi connectivity index (χ1) is 13.1. The van der Waals surface area contributed by atoms with Gasteiger partial charge in [0.15, 0.2) is 0 Å². The lowest BCUT2D eigenvalue weighted by molar-refractivity contribution is 0.0599. The maximum absolute atomic E-state index is 13.5. The van der Waals surface area contributed by atoms with Crippen molar-refractivity contribution < 1.29 is 14.3 Å². The van der Waals surface area contributed by atoms with Crippen LogP contribution < -0.4 is 0 Å². The highest BCUT2D eigenvalue weighted by Gasteiger charge is 2.31. The van der Waals surface area contributed by atoms with Gasteiger partial charge in [-0.2, -0.15) is 0 Å². The lowest BCUT2D eigenvalue weighted by atomic mass is 10.0. The third kappa shape index (κ3) is 3.75. The smallest absolute Gasteiger partial charge is 0.339 e. The number of hydrogen-bond acceptors (Lipinski definition) is 4. The summed E-state index contributed by atoms with van der Waals surface area (Å²) in [7, 11) is 1.37. The van der Waals surface area contributed by atoms with Crippen LogP contribution >= 0.6 is 0 Å². The molecule has 0 spiro atoms. The number of carbonyl (C=O) groups excluding carboxylic acids is 2. The third-order valence-electron chi connectivity index (χ3n) is 5.39. The normalized spacial score (nSPS) is 17.4. The molecule has 1 fully saturated rings. The molecule has 144 valence electrons. The predicted molar refractivity (Wildman–Crippen MR) is 103 cm³/mol. The fraction of sp³-hybridized carbons (Fsp3) is 0.476. The van der Waals surface area contributed by atoms with Crippen molar-refractivity contribution in [3.05, 3.63) is 52.6 Å². The fourth-order valence-electron chi connectivity index (χ4n) is 3.94. The molecule has 1 amide bonds. The van der Waals surface area contributed by atoms with Crippen LogP contribution in [0.5, 0.6) is 0 Å². The zero-order chi connectivity index (χ0) is 19.4. The number of esters is 1. The molecule has 3 rings (SSSR count). The van der Waals surface area contributed by atoms with Gasteiger partial charge in [-0.05, 0) is 49.4 Å². The van der Waals surface area contributed by atoms with Crippen molar-refractivity contribution in [3.63, 3.8) is 0 Å². The van der Waals surface area contributed by atoms with Gasteiger partial charge in [0.2, 0.25) is 0 Å². The molecule has 27 heavy (non-hydrogen) atoms. The number of carbonyl (C=O) groups is 2. The number of hydrogen-bond donors (Lipinski definition) is 1.